The van der Waals surface area contributed by atoms with Gasteiger partial charge in [0, 0.05) is 34.0 Å². The molecular formula is C21H16BrN3O2S2. The maximum Gasteiger partial charge on any atom is 0.271 e. The van der Waals surface area contributed by atoms with E-state index in [1.807, 2.05) is 41.8 Å². The van der Waals surface area contributed by atoms with Crippen LogP contribution in [-0.2, 0) is 13.1 Å². The Labute approximate surface area is 183 Å². The van der Waals surface area contributed by atoms with Gasteiger partial charge in [-0.25, -0.2) is 4.98 Å². The van der Waals surface area contributed by atoms with Gasteiger partial charge >= 0.3 is 0 Å². The van der Waals surface area contributed by atoms with Crippen molar-refractivity contribution in [1.29, 1.82) is 0 Å². The van der Waals surface area contributed by atoms with Gasteiger partial charge in [-0.3, -0.25) is 9.59 Å². The monoisotopic (exact) mass is 485 g/mol. The summed E-state index contributed by atoms with van der Waals surface area (Å²) in [6.45, 7) is 0.939. The van der Waals surface area contributed by atoms with Gasteiger partial charge in [0.05, 0.1) is 11.4 Å². The van der Waals surface area contributed by atoms with E-state index >= 15 is 0 Å². The fourth-order valence-corrected chi connectivity index (χ4v) is 5.05. The Bertz CT molecular complexity index is 1190. The lowest BCUT2D eigenvalue weighted by molar-refractivity contribution is 0.0946. The number of halogens is 1. The number of amides is 1. The minimum Gasteiger partial charge on any atom is -0.347 e. The lowest BCUT2D eigenvalue weighted by atomic mass is 10.1. The molecule has 0 spiro atoms. The fourth-order valence-electron chi connectivity index (χ4n) is 2.74. The first-order valence-corrected chi connectivity index (χ1v) is 11.3. The lowest BCUT2D eigenvalue weighted by Gasteiger charge is -2.07. The molecule has 3 aromatic heterocycles. The number of hydrogen-bond acceptors (Lipinski definition) is 5. The van der Waals surface area contributed by atoms with Crippen LogP contribution in [0.15, 0.2) is 74.8 Å². The molecule has 1 aromatic carbocycles. The summed E-state index contributed by atoms with van der Waals surface area (Å²) in [5.41, 5.74) is 2.41. The second kappa shape index (κ2) is 8.86. The van der Waals surface area contributed by atoms with Gasteiger partial charge in [-0.05, 0) is 39.2 Å². The third-order valence-electron chi connectivity index (χ3n) is 4.24. The summed E-state index contributed by atoms with van der Waals surface area (Å²) >= 11 is 6.48. The van der Waals surface area contributed by atoms with Crippen molar-refractivity contribution in [2.75, 3.05) is 0 Å². The zero-order valence-corrected chi connectivity index (χ0v) is 18.4. The van der Waals surface area contributed by atoms with Crippen LogP contribution in [0.1, 0.15) is 21.6 Å². The molecule has 1 amide bonds. The first-order valence-electron chi connectivity index (χ1n) is 8.80. The number of carbonyl (C=O) groups is 1. The summed E-state index contributed by atoms with van der Waals surface area (Å²) in [5, 5.41) is 7.52. The van der Waals surface area contributed by atoms with Gasteiger partial charge in [0.2, 0.25) is 0 Å². The van der Waals surface area contributed by atoms with Crippen molar-refractivity contribution in [3.05, 3.63) is 97.1 Å². The number of thiazole rings is 1. The number of hydrogen-bond donors (Lipinski definition) is 1. The van der Waals surface area contributed by atoms with E-state index in [1.54, 1.807) is 39.6 Å². The van der Waals surface area contributed by atoms with Crippen LogP contribution in [0.4, 0.5) is 0 Å². The second-order valence-corrected chi connectivity index (χ2v) is 9.02. The van der Waals surface area contributed by atoms with Gasteiger partial charge in [-0.15, -0.1) is 22.7 Å². The standard InChI is InChI=1S/C21H16BrN3O2S2/c22-16-9-18(28-12-16)21-24-17(13-29-21)20(27)23-10-14-4-6-15(7-5-14)11-25-8-2-1-3-19(25)26/h1-9,12-13H,10-11H2,(H,23,27). The third-order valence-corrected chi connectivity index (χ3v) is 6.95. The summed E-state index contributed by atoms with van der Waals surface area (Å²) in [5.74, 6) is -0.192. The Hall–Kier alpha value is -2.55. The molecule has 0 aliphatic rings. The van der Waals surface area contributed by atoms with Gasteiger partial charge in [0.1, 0.15) is 10.7 Å². The van der Waals surface area contributed by atoms with E-state index in [4.69, 9.17) is 0 Å². The number of carbonyl (C=O) groups excluding carboxylic acids is 1. The van der Waals surface area contributed by atoms with Crippen LogP contribution in [0.2, 0.25) is 0 Å². The molecule has 0 saturated heterocycles. The van der Waals surface area contributed by atoms with Gasteiger partial charge < -0.3 is 9.88 Å². The topological polar surface area (TPSA) is 64.0 Å². The van der Waals surface area contributed by atoms with Crippen LogP contribution >= 0.6 is 38.6 Å². The number of rotatable bonds is 6. The zero-order chi connectivity index (χ0) is 20.2. The van der Waals surface area contributed by atoms with E-state index in [0.717, 1.165) is 25.5 Å². The maximum atomic E-state index is 12.4. The molecule has 1 N–H and O–H groups in total. The molecule has 0 aliphatic heterocycles. The van der Waals surface area contributed by atoms with Crippen LogP contribution in [0.3, 0.4) is 0 Å². The first kappa shape index (κ1) is 19.8. The van der Waals surface area contributed by atoms with Crippen LogP contribution in [0, 0.1) is 0 Å². The van der Waals surface area contributed by atoms with E-state index in [1.165, 1.54) is 11.3 Å². The molecule has 8 heteroatoms. The summed E-state index contributed by atoms with van der Waals surface area (Å²) in [7, 11) is 0. The summed E-state index contributed by atoms with van der Waals surface area (Å²) in [6.07, 6.45) is 1.77. The normalized spacial score (nSPS) is 10.8. The van der Waals surface area contributed by atoms with E-state index in [0.29, 0.717) is 18.8 Å². The number of aromatic nitrogens is 2. The van der Waals surface area contributed by atoms with E-state index in [2.05, 4.69) is 26.2 Å². The Morgan fingerprint density at radius 1 is 1.07 bits per heavy atom. The third kappa shape index (κ3) is 4.90. The van der Waals surface area contributed by atoms with Crippen molar-refractivity contribution in [1.82, 2.24) is 14.9 Å². The Balaban J connectivity index is 1.35. The zero-order valence-electron chi connectivity index (χ0n) is 15.2. The second-order valence-electron chi connectivity index (χ2n) is 6.33. The van der Waals surface area contributed by atoms with Crippen LogP contribution in [-0.4, -0.2) is 15.5 Å². The molecule has 3 heterocycles. The average Bonchev–Trinajstić information content (AvgIpc) is 3.38. The van der Waals surface area contributed by atoms with Crippen molar-refractivity contribution >= 4 is 44.5 Å². The predicted octanol–water partition coefficient (Wildman–Crippen LogP) is 4.77. The highest BCUT2D eigenvalue weighted by Crippen LogP contribution is 2.31. The minimum absolute atomic E-state index is 0.0265. The molecule has 0 unspecified atom stereocenters. The predicted molar refractivity (Wildman–Crippen MR) is 121 cm³/mol. The van der Waals surface area contributed by atoms with Gasteiger partial charge in [0.25, 0.3) is 11.5 Å². The highest BCUT2D eigenvalue weighted by molar-refractivity contribution is 9.10. The highest BCUT2D eigenvalue weighted by atomic mass is 79.9. The van der Waals surface area contributed by atoms with Crippen LogP contribution < -0.4 is 10.9 Å². The molecule has 0 fully saturated rings. The molecule has 0 aliphatic carbocycles. The smallest absolute Gasteiger partial charge is 0.271 e. The Morgan fingerprint density at radius 2 is 1.86 bits per heavy atom. The number of pyridine rings is 1. The lowest BCUT2D eigenvalue weighted by Crippen LogP contribution is -2.23. The van der Waals surface area contributed by atoms with E-state index < -0.39 is 0 Å². The molecule has 0 saturated carbocycles. The number of thiophene rings is 1. The SMILES string of the molecule is O=C(NCc1ccc(Cn2ccccc2=O)cc1)c1csc(-c2cc(Br)cs2)n1. The molecule has 4 aromatic rings. The highest BCUT2D eigenvalue weighted by Gasteiger charge is 2.13. The average molecular weight is 486 g/mol. The molecule has 146 valence electrons. The van der Waals surface area contributed by atoms with Gasteiger partial charge in [-0.2, -0.15) is 0 Å². The van der Waals surface area contributed by atoms with Crippen molar-refractivity contribution in [2.45, 2.75) is 13.1 Å². The Kier molecular flexibility index (Phi) is 6.03. The molecule has 4 rings (SSSR count). The summed E-state index contributed by atoms with van der Waals surface area (Å²) in [6, 6.07) is 15.0. The van der Waals surface area contributed by atoms with Crippen molar-refractivity contribution in [3.63, 3.8) is 0 Å². The molecule has 0 atom stereocenters. The number of benzene rings is 1. The van der Waals surface area contributed by atoms with Crippen molar-refractivity contribution < 1.29 is 4.79 Å². The van der Waals surface area contributed by atoms with Gasteiger partial charge in [-0.1, -0.05) is 30.3 Å². The van der Waals surface area contributed by atoms with E-state index in [9.17, 15) is 9.59 Å². The van der Waals surface area contributed by atoms with Crippen LogP contribution in [0.25, 0.3) is 9.88 Å². The minimum atomic E-state index is -0.192. The molecule has 0 bridgehead atoms. The molecular weight excluding hydrogens is 470 g/mol. The first-order chi connectivity index (χ1) is 14.1. The van der Waals surface area contributed by atoms with Gasteiger partial charge in [0.15, 0.2) is 0 Å². The van der Waals surface area contributed by atoms with Crippen LogP contribution in [0.5, 0.6) is 0 Å². The largest absolute Gasteiger partial charge is 0.347 e. The molecule has 29 heavy (non-hydrogen) atoms. The summed E-state index contributed by atoms with van der Waals surface area (Å²) < 4.78 is 2.67. The molecule has 5 nitrogen and oxygen atoms in total. The maximum absolute atomic E-state index is 12.4. The fraction of sp³-hybridized carbons (Fsp3) is 0.0952. The Morgan fingerprint density at radius 3 is 2.59 bits per heavy atom. The number of nitrogens with one attached hydrogen (secondary N) is 1. The number of nitrogens with zero attached hydrogens (tertiary/aromatic N) is 2. The van der Waals surface area contributed by atoms with Crippen molar-refractivity contribution in [2.24, 2.45) is 0 Å². The van der Waals surface area contributed by atoms with E-state index in [-0.39, 0.29) is 11.5 Å². The molecule has 0 radical (unpaired) electrons. The quantitative estimate of drug-likeness (QED) is 0.427. The summed E-state index contributed by atoms with van der Waals surface area (Å²) in [4.78, 5) is 29.7. The van der Waals surface area contributed by atoms with Crippen molar-refractivity contribution in [3.8, 4) is 9.88 Å².